The molecule has 0 radical (unpaired) electrons. The first kappa shape index (κ1) is 14.7. The van der Waals surface area contributed by atoms with Crippen molar-refractivity contribution in [2.24, 2.45) is 0 Å². The molecule has 2 amide bonds. The van der Waals surface area contributed by atoms with Crippen LogP contribution in [0.4, 0.5) is 0 Å². The van der Waals surface area contributed by atoms with Gasteiger partial charge in [-0.15, -0.1) is 21.5 Å². The van der Waals surface area contributed by atoms with E-state index in [1.165, 1.54) is 16.2 Å². The van der Waals surface area contributed by atoms with Crippen LogP contribution in [-0.2, 0) is 11.3 Å². The van der Waals surface area contributed by atoms with E-state index in [2.05, 4.69) is 10.2 Å². The minimum absolute atomic E-state index is 0.137. The molecule has 0 aliphatic carbocycles. The van der Waals surface area contributed by atoms with Crippen molar-refractivity contribution in [3.05, 3.63) is 34.0 Å². The SMILES string of the molecule is Cc1nnc2n1CCN(C(=O)c1cccs1)C2C(=O)N(C)C. The first-order valence-corrected chi connectivity index (χ1v) is 7.84. The van der Waals surface area contributed by atoms with Gasteiger partial charge < -0.3 is 14.4 Å². The second-order valence-corrected chi connectivity index (χ2v) is 6.32. The number of carbonyl (C=O) groups excluding carboxylic acids is 2. The zero-order valence-electron chi connectivity index (χ0n) is 12.7. The van der Waals surface area contributed by atoms with E-state index in [9.17, 15) is 9.59 Å². The Morgan fingerprint density at radius 2 is 2.09 bits per heavy atom. The third kappa shape index (κ3) is 2.29. The van der Waals surface area contributed by atoms with Crippen LogP contribution in [0.3, 0.4) is 0 Å². The summed E-state index contributed by atoms with van der Waals surface area (Å²) >= 11 is 1.37. The van der Waals surface area contributed by atoms with Crippen LogP contribution in [0.15, 0.2) is 17.5 Å². The van der Waals surface area contributed by atoms with Crippen LogP contribution in [0.5, 0.6) is 0 Å². The standard InChI is InChI=1S/C14H17N5O2S/c1-9-15-16-12-11(14(21)17(2)3)19(7-6-18(9)12)13(20)10-5-4-8-22-10/h4-5,8,11H,6-7H2,1-3H3. The largest absolute Gasteiger partial charge is 0.347 e. The van der Waals surface area contributed by atoms with E-state index in [1.807, 2.05) is 22.9 Å². The van der Waals surface area contributed by atoms with Crippen LogP contribution >= 0.6 is 11.3 Å². The Bertz CT molecular complexity index is 707. The molecule has 116 valence electrons. The van der Waals surface area contributed by atoms with Crippen LogP contribution in [0.2, 0.25) is 0 Å². The highest BCUT2D eigenvalue weighted by Gasteiger charge is 2.40. The van der Waals surface area contributed by atoms with Crippen LogP contribution < -0.4 is 0 Å². The number of aryl methyl sites for hydroxylation is 1. The van der Waals surface area contributed by atoms with Crippen molar-refractivity contribution in [1.82, 2.24) is 24.6 Å². The van der Waals surface area contributed by atoms with Crippen molar-refractivity contribution < 1.29 is 9.59 Å². The summed E-state index contributed by atoms with van der Waals surface area (Å²) < 4.78 is 1.91. The maximum absolute atomic E-state index is 12.7. The minimum atomic E-state index is -0.723. The molecule has 0 fully saturated rings. The molecule has 0 N–H and O–H groups in total. The Morgan fingerprint density at radius 3 is 2.73 bits per heavy atom. The highest BCUT2D eigenvalue weighted by molar-refractivity contribution is 7.12. The lowest BCUT2D eigenvalue weighted by Crippen LogP contribution is -2.48. The number of carbonyl (C=O) groups is 2. The van der Waals surface area contributed by atoms with E-state index < -0.39 is 6.04 Å². The van der Waals surface area contributed by atoms with Gasteiger partial charge in [-0.25, -0.2) is 0 Å². The molecule has 1 aliphatic rings. The first-order valence-electron chi connectivity index (χ1n) is 6.96. The van der Waals surface area contributed by atoms with Gasteiger partial charge in [-0.05, 0) is 18.4 Å². The molecule has 1 aliphatic heterocycles. The topological polar surface area (TPSA) is 71.3 Å². The third-order valence-electron chi connectivity index (χ3n) is 3.75. The fraction of sp³-hybridized carbons (Fsp3) is 0.429. The molecule has 2 aromatic rings. The van der Waals surface area contributed by atoms with Gasteiger partial charge in [-0.2, -0.15) is 0 Å². The van der Waals surface area contributed by atoms with Gasteiger partial charge in [0.25, 0.3) is 11.8 Å². The number of aromatic nitrogens is 3. The number of amides is 2. The summed E-state index contributed by atoms with van der Waals surface area (Å²) in [5, 5.41) is 10.0. The molecule has 7 nitrogen and oxygen atoms in total. The molecule has 8 heteroatoms. The van der Waals surface area contributed by atoms with Crippen molar-refractivity contribution in [1.29, 1.82) is 0 Å². The van der Waals surface area contributed by atoms with Crippen molar-refractivity contribution >= 4 is 23.2 Å². The smallest absolute Gasteiger partial charge is 0.265 e. The van der Waals surface area contributed by atoms with Crippen LogP contribution in [-0.4, -0.2) is 57.0 Å². The van der Waals surface area contributed by atoms with Crippen molar-refractivity contribution in [2.75, 3.05) is 20.6 Å². The molecule has 2 aromatic heterocycles. The van der Waals surface area contributed by atoms with Crippen molar-refractivity contribution in [3.63, 3.8) is 0 Å². The van der Waals surface area contributed by atoms with E-state index in [0.717, 1.165) is 5.82 Å². The van der Waals surface area contributed by atoms with Gasteiger partial charge in [0.2, 0.25) is 0 Å². The number of hydrogen-bond donors (Lipinski definition) is 0. The lowest BCUT2D eigenvalue weighted by atomic mass is 10.1. The van der Waals surface area contributed by atoms with E-state index in [0.29, 0.717) is 23.8 Å². The average molecular weight is 319 g/mol. The summed E-state index contributed by atoms with van der Waals surface area (Å²) in [6.45, 7) is 2.92. The number of rotatable bonds is 2. The quantitative estimate of drug-likeness (QED) is 0.826. The molecule has 22 heavy (non-hydrogen) atoms. The highest BCUT2D eigenvalue weighted by Crippen LogP contribution is 2.28. The number of nitrogens with zero attached hydrogens (tertiary/aromatic N) is 5. The average Bonchev–Trinajstić information content (AvgIpc) is 3.15. The normalized spacial score (nSPS) is 17.2. The molecular formula is C14H17N5O2S. The second-order valence-electron chi connectivity index (χ2n) is 5.37. The van der Waals surface area contributed by atoms with E-state index in [4.69, 9.17) is 0 Å². The minimum Gasteiger partial charge on any atom is -0.347 e. The molecule has 0 bridgehead atoms. The van der Waals surface area contributed by atoms with Gasteiger partial charge in [0.15, 0.2) is 11.9 Å². The summed E-state index contributed by atoms with van der Waals surface area (Å²) in [6, 6.07) is 2.88. The molecule has 1 unspecified atom stereocenters. The predicted octanol–water partition coefficient (Wildman–Crippen LogP) is 0.933. The predicted molar refractivity (Wildman–Crippen MR) is 81.5 cm³/mol. The summed E-state index contributed by atoms with van der Waals surface area (Å²) in [5.41, 5.74) is 0. The van der Waals surface area contributed by atoms with E-state index in [-0.39, 0.29) is 11.8 Å². The number of fused-ring (bicyclic) bond motifs is 1. The number of thiophene rings is 1. The van der Waals surface area contributed by atoms with Crippen LogP contribution in [0.25, 0.3) is 0 Å². The highest BCUT2D eigenvalue weighted by atomic mass is 32.1. The number of hydrogen-bond acceptors (Lipinski definition) is 5. The molecule has 0 spiro atoms. The Morgan fingerprint density at radius 1 is 1.32 bits per heavy atom. The van der Waals surface area contributed by atoms with Crippen molar-refractivity contribution in [3.8, 4) is 0 Å². The maximum Gasteiger partial charge on any atom is 0.265 e. The van der Waals surface area contributed by atoms with Crippen molar-refractivity contribution in [2.45, 2.75) is 19.5 Å². The molecule has 0 saturated heterocycles. The van der Waals surface area contributed by atoms with Gasteiger partial charge in [-0.3, -0.25) is 9.59 Å². The van der Waals surface area contributed by atoms with Gasteiger partial charge in [0.05, 0.1) is 4.88 Å². The van der Waals surface area contributed by atoms with Crippen LogP contribution in [0.1, 0.15) is 27.4 Å². The fourth-order valence-corrected chi connectivity index (χ4v) is 3.28. The molecule has 0 saturated carbocycles. The first-order chi connectivity index (χ1) is 10.5. The summed E-state index contributed by atoms with van der Waals surface area (Å²) in [4.78, 5) is 29.0. The summed E-state index contributed by atoms with van der Waals surface area (Å²) in [6.07, 6.45) is 0. The second kappa shape index (κ2) is 5.53. The Hall–Kier alpha value is -2.22. The lowest BCUT2D eigenvalue weighted by molar-refractivity contribution is -0.134. The molecule has 3 heterocycles. The zero-order chi connectivity index (χ0) is 15.9. The van der Waals surface area contributed by atoms with Gasteiger partial charge >= 0.3 is 0 Å². The van der Waals surface area contributed by atoms with Gasteiger partial charge in [-0.1, -0.05) is 6.07 Å². The van der Waals surface area contributed by atoms with Gasteiger partial charge in [0, 0.05) is 27.2 Å². The Labute approximate surface area is 132 Å². The maximum atomic E-state index is 12.7. The lowest BCUT2D eigenvalue weighted by Gasteiger charge is -2.35. The molecule has 0 aromatic carbocycles. The zero-order valence-corrected chi connectivity index (χ0v) is 13.5. The Kier molecular flexibility index (Phi) is 3.69. The fourth-order valence-electron chi connectivity index (χ4n) is 2.60. The third-order valence-corrected chi connectivity index (χ3v) is 4.61. The van der Waals surface area contributed by atoms with Gasteiger partial charge in [0.1, 0.15) is 5.82 Å². The number of likely N-dealkylation sites (N-methyl/N-ethyl adjacent to an activating group) is 1. The van der Waals surface area contributed by atoms with E-state index >= 15 is 0 Å². The molecule has 3 rings (SSSR count). The summed E-state index contributed by atoms with van der Waals surface area (Å²) in [5.74, 6) is 0.988. The van der Waals surface area contributed by atoms with Crippen LogP contribution in [0, 0.1) is 6.92 Å². The molecular weight excluding hydrogens is 302 g/mol. The molecule has 1 atom stereocenters. The Balaban J connectivity index is 2.03. The summed E-state index contributed by atoms with van der Waals surface area (Å²) in [7, 11) is 3.36. The monoisotopic (exact) mass is 319 g/mol. The van der Waals surface area contributed by atoms with E-state index in [1.54, 1.807) is 25.1 Å².